The van der Waals surface area contributed by atoms with E-state index < -0.39 is 0 Å². The van der Waals surface area contributed by atoms with Crippen molar-refractivity contribution in [2.75, 3.05) is 38.5 Å². The highest BCUT2D eigenvalue weighted by Crippen LogP contribution is 2.33. The Hall–Kier alpha value is -3.40. The van der Waals surface area contributed by atoms with Gasteiger partial charge in [-0.1, -0.05) is 5.16 Å². The van der Waals surface area contributed by atoms with Crippen LogP contribution in [0.15, 0.2) is 40.9 Å². The van der Waals surface area contributed by atoms with Gasteiger partial charge in [0.25, 0.3) is 0 Å². The molecule has 0 spiro atoms. The number of ether oxygens (including phenoxy) is 4. The minimum Gasteiger partial charge on any atom is -0.493 e. The second-order valence-corrected chi connectivity index (χ2v) is 7.47. The Labute approximate surface area is 183 Å². The monoisotopic (exact) mass is 443 g/mol. The molecule has 0 atom stereocenters. The molecule has 0 radical (unpaired) electrons. The molecule has 0 fully saturated rings. The van der Waals surface area contributed by atoms with Crippen LogP contribution in [0.2, 0.25) is 0 Å². The summed E-state index contributed by atoms with van der Waals surface area (Å²) in [5.41, 5.74) is 1.40. The molecule has 2 aromatic carbocycles. The van der Waals surface area contributed by atoms with Crippen LogP contribution in [-0.4, -0.2) is 49.2 Å². The Balaban J connectivity index is 1.29. The fraction of sp³-hybridized carbons (Fsp3) is 0.286. The largest absolute Gasteiger partial charge is 0.493 e. The van der Waals surface area contributed by atoms with Gasteiger partial charge < -0.3 is 28.8 Å². The van der Waals surface area contributed by atoms with E-state index in [-0.39, 0.29) is 11.7 Å². The lowest BCUT2D eigenvalue weighted by Crippen LogP contribution is -2.17. The molecule has 162 valence electrons. The molecular weight excluding hydrogens is 422 g/mol. The van der Waals surface area contributed by atoms with Crippen LogP contribution in [0.5, 0.6) is 23.0 Å². The number of rotatable bonds is 8. The molecule has 1 amide bonds. The van der Waals surface area contributed by atoms with Gasteiger partial charge in [-0.05, 0) is 30.3 Å². The summed E-state index contributed by atoms with van der Waals surface area (Å²) in [6.45, 7) is 1.02. The summed E-state index contributed by atoms with van der Waals surface area (Å²) in [5, 5.41) is 6.85. The molecule has 0 unspecified atom stereocenters. The van der Waals surface area contributed by atoms with Crippen LogP contribution in [0.3, 0.4) is 0 Å². The first-order valence-electron chi connectivity index (χ1n) is 9.48. The lowest BCUT2D eigenvalue weighted by atomic mass is 10.2. The molecule has 3 aromatic rings. The van der Waals surface area contributed by atoms with E-state index >= 15 is 0 Å². The van der Waals surface area contributed by atoms with Gasteiger partial charge in [0.15, 0.2) is 23.0 Å². The van der Waals surface area contributed by atoms with E-state index in [1.165, 1.54) is 11.8 Å². The standard InChI is InChI=1S/C21H21N3O6S/c1-26-15-5-3-13(9-17(15)27-2)21-23-20(30-24-21)12-31-11-19(25)22-14-4-6-16-18(10-14)29-8-7-28-16/h3-6,9-10H,7-8,11-12H2,1-2H3,(H,22,25). The van der Waals surface area contributed by atoms with E-state index in [0.717, 1.165) is 5.56 Å². The molecule has 9 nitrogen and oxygen atoms in total. The average molecular weight is 443 g/mol. The molecule has 0 aliphatic carbocycles. The Morgan fingerprint density at radius 3 is 2.68 bits per heavy atom. The van der Waals surface area contributed by atoms with Crippen molar-refractivity contribution in [2.24, 2.45) is 0 Å². The highest BCUT2D eigenvalue weighted by atomic mass is 32.2. The minimum absolute atomic E-state index is 0.138. The van der Waals surface area contributed by atoms with Crippen molar-refractivity contribution >= 4 is 23.4 Å². The summed E-state index contributed by atoms with van der Waals surface area (Å²) in [7, 11) is 3.14. The number of carbonyl (C=O) groups is 1. The van der Waals surface area contributed by atoms with Gasteiger partial charge in [0.1, 0.15) is 13.2 Å². The zero-order valence-corrected chi connectivity index (χ0v) is 17.9. The zero-order chi connectivity index (χ0) is 21.6. The van der Waals surface area contributed by atoms with Crippen LogP contribution in [0.4, 0.5) is 5.69 Å². The summed E-state index contributed by atoms with van der Waals surface area (Å²) < 4.78 is 26.8. The molecule has 0 saturated carbocycles. The third-order valence-corrected chi connectivity index (χ3v) is 5.31. The molecule has 2 heterocycles. The third-order valence-electron chi connectivity index (χ3n) is 4.39. The second-order valence-electron chi connectivity index (χ2n) is 6.48. The number of carbonyl (C=O) groups excluding carboxylic acids is 1. The lowest BCUT2D eigenvalue weighted by molar-refractivity contribution is -0.113. The summed E-state index contributed by atoms with van der Waals surface area (Å²) >= 11 is 1.38. The van der Waals surface area contributed by atoms with E-state index in [0.29, 0.717) is 59.4 Å². The van der Waals surface area contributed by atoms with Crippen LogP contribution in [0.25, 0.3) is 11.4 Å². The van der Waals surface area contributed by atoms with Gasteiger partial charge in [0.2, 0.25) is 17.6 Å². The normalized spacial score (nSPS) is 12.3. The number of thioether (sulfide) groups is 1. The van der Waals surface area contributed by atoms with Crippen molar-refractivity contribution in [1.29, 1.82) is 0 Å². The van der Waals surface area contributed by atoms with Crippen molar-refractivity contribution < 1.29 is 28.3 Å². The maximum atomic E-state index is 12.2. The van der Waals surface area contributed by atoms with E-state index in [9.17, 15) is 4.79 Å². The Morgan fingerprint density at radius 1 is 1.06 bits per heavy atom. The smallest absolute Gasteiger partial charge is 0.236 e. The highest BCUT2D eigenvalue weighted by molar-refractivity contribution is 7.99. The lowest BCUT2D eigenvalue weighted by Gasteiger charge is -2.18. The molecule has 1 aliphatic heterocycles. The first-order chi connectivity index (χ1) is 15.2. The zero-order valence-electron chi connectivity index (χ0n) is 17.0. The number of hydrogen-bond donors (Lipinski definition) is 1. The summed E-state index contributed by atoms with van der Waals surface area (Å²) in [6, 6.07) is 10.7. The third kappa shape index (κ3) is 5.02. The van der Waals surface area contributed by atoms with Gasteiger partial charge in [0, 0.05) is 17.3 Å². The number of nitrogens with one attached hydrogen (secondary N) is 1. The number of nitrogens with zero attached hydrogens (tertiary/aromatic N) is 2. The average Bonchev–Trinajstić information content (AvgIpc) is 3.27. The Kier molecular flexibility index (Phi) is 6.46. The highest BCUT2D eigenvalue weighted by Gasteiger charge is 2.14. The summed E-state index contributed by atoms with van der Waals surface area (Å²) in [4.78, 5) is 16.6. The number of methoxy groups -OCH3 is 2. The maximum absolute atomic E-state index is 12.2. The van der Waals surface area contributed by atoms with Crippen molar-refractivity contribution in [3.8, 4) is 34.4 Å². The molecule has 0 bridgehead atoms. The van der Waals surface area contributed by atoms with Gasteiger partial charge in [0.05, 0.1) is 25.7 Å². The molecular formula is C21H21N3O6S. The van der Waals surface area contributed by atoms with Gasteiger partial charge in [-0.15, -0.1) is 11.8 Å². The topological polar surface area (TPSA) is 105 Å². The van der Waals surface area contributed by atoms with Gasteiger partial charge in [-0.2, -0.15) is 4.98 Å². The van der Waals surface area contributed by atoms with Crippen molar-refractivity contribution in [2.45, 2.75) is 5.75 Å². The first-order valence-corrected chi connectivity index (χ1v) is 10.6. The van der Waals surface area contributed by atoms with E-state index in [2.05, 4.69) is 15.5 Å². The quantitative estimate of drug-likeness (QED) is 0.561. The molecule has 4 rings (SSSR count). The Morgan fingerprint density at radius 2 is 1.87 bits per heavy atom. The number of hydrogen-bond acceptors (Lipinski definition) is 9. The van der Waals surface area contributed by atoms with E-state index in [4.69, 9.17) is 23.5 Å². The molecule has 1 aliphatic rings. The van der Waals surface area contributed by atoms with Gasteiger partial charge >= 0.3 is 0 Å². The van der Waals surface area contributed by atoms with Crippen LogP contribution >= 0.6 is 11.8 Å². The predicted molar refractivity (Wildman–Crippen MR) is 115 cm³/mol. The molecule has 1 aromatic heterocycles. The van der Waals surface area contributed by atoms with Gasteiger partial charge in [-0.25, -0.2) is 0 Å². The number of anilines is 1. The van der Waals surface area contributed by atoms with Crippen LogP contribution in [0, 0.1) is 0 Å². The summed E-state index contributed by atoms with van der Waals surface area (Å²) in [6.07, 6.45) is 0. The fourth-order valence-corrected chi connectivity index (χ4v) is 3.61. The minimum atomic E-state index is -0.138. The number of amides is 1. The first kappa shape index (κ1) is 20.9. The second kappa shape index (κ2) is 9.61. The van der Waals surface area contributed by atoms with Crippen LogP contribution < -0.4 is 24.3 Å². The Bertz CT molecular complexity index is 1070. The number of benzene rings is 2. The van der Waals surface area contributed by atoms with E-state index in [1.807, 2.05) is 6.07 Å². The maximum Gasteiger partial charge on any atom is 0.236 e. The predicted octanol–water partition coefficient (Wildman–Crippen LogP) is 3.40. The van der Waals surface area contributed by atoms with Crippen molar-refractivity contribution in [3.05, 3.63) is 42.3 Å². The van der Waals surface area contributed by atoms with Crippen LogP contribution in [0.1, 0.15) is 5.89 Å². The molecule has 10 heteroatoms. The van der Waals surface area contributed by atoms with Crippen LogP contribution in [-0.2, 0) is 10.5 Å². The fourth-order valence-electron chi connectivity index (χ4n) is 2.96. The van der Waals surface area contributed by atoms with Crippen molar-refractivity contribution in [1.82, 2.24) is 10.1 Å². The van der Waals surface area contributed by atoms with Crippen molar-refractivity contribution in [3.63, 3.8) is 0 Å². The molecule has 0 saturated heterocycles. The molecule has 31 heavy (non-hydrogen) atoms. The molecule has 1 N–H and O–H groups in total. The van der Waals surface area contributed by atoms with Gasteiger partial charge in [-0.3, -0.25) is 4.79 Å². The number of fused-ring (bicyclic) bond motifs is 1. The number of aromatic nitrogens is 2. The summed E-state index contributed by atoms with van der Waals surface area (Å²) in [5.74, 6) is 3.90. The SMILES string of the molecule is COc1ccc(-c2noc(CSCC(=O)Nc3ccc4c(c3)OCCO4)n2)cc1OC. The van der Waals surface area contributed by atoms with E-state index in [1.54, 1.807) is 44.6 Å².